The van der Waals surface area contributed by atoms with Crippen LogP contribution in [0.25, 0.3) is 5.52 Å². The van der Waals surface area contributed by atoms with Crippen LogP contribution in [0, 0.1) is 13.8 Å². The first kappa shape index (κ1) is 8.68. The molecule has 72 valence electrons. The molecule has 0 aliphatic heterocycles. The van der Waals surface area contributed by atoms with Gasteiger partial charge in [-0.25, -0.2) is 14.3 Å². The lowest BCUT2D eigenvalue weighted by Crippen LogP contribution is -1.95. The van der Waals surface area contributed by atoms with Crippen LogP contribution in [0.15, 0.2) is 12.5 Å². The second-order valence-electron chi connectivity index (χ2n) is 3.11. The van der Waals surface area contributed by atoms with Gasteiger partial charge in [0.05, 0.1) is 16.8 Å². The molecule has 0 fully saturated rings. The Kier molecular flexibility index (Phi) is 1.73. The van der Waals surface area contributed by atoms with Crippen molar-refractivity contribution in [3.63, 3.8) is 0 Å². The molecule has 2 aromatic heterocycles. The maximum absolute atomic E-state index is 10.8. The van der Waals surface area contributed by atoms with E-state index in [0.717, 1.165) is 11.2 Å². The molecule has 0 bridgehead atoms. The number of aromatic nitrogens is 3. The molecule has 0 radical (unpaired) electrons. The van der Waals surface area contributed by atoms with E-state index in [1.54, 1.807) is 11.4 Å². The summed E-state index contributed by atoms with van der Waals surface area (Å²) in [7, 11) is 0. The van der Waals surface area contributed by atoms with Gasteiger partial charge in [0, 0.05) is 6.20 Å². The molecule has 2 rings (SSSR count). The molecule has 5 nitrogen and oxygen atoms in total. The largest absolute Gasteiger partial charge is 0.478 e. The number of aromatic carboxylic acids is 1. The van der Waals surface area contributed by atoms with Crippen LogP contribution in [0.2, 0.25) is 0 Å². The van der Waals surface area contributed by atoms with E-state index in [4.69, 9.17) is 5.11 Å². The summed E-state index contributed by atoms with van der Waals surface area (Å²) < 4.78 is 1.54. The fourth-order valence-corrected chi connectivity index (χ4v) is 1.56. The lowest BCUT2D eigenvalue weighted by molar-refractivity contribution is 0.0696. The SMILES string of the molecule is Cc1ncnn2cc(C(=O)O)c(C)c12. The molecule has 0 amide bonds. The Morgan fingerprint density at radius 2 is 2.21 bits per heavy atom. The van der Waals surface area contributed by atoms with Gasteiger partial charge in [0.1, 0.15) is 6.33 Å². The van der Waals surface area contributed by atoms with Crippen LogP contribution in [-0.4, -0.2) is 25.7 Å². The zero-order chi connectivity index (χ0) is 10.3. The maximum atomic E-state index is 10.8. The summed E-state index contributed by atoms with van der Waals surface area (Å²) >= 11 is 0. The quantitative estimate of drug-likeness (QED) is 0.731. The van der Waals surface area contributed by atoms with E-state index in [1.807, 2.05) is 6.92 Å². The number of carbonyl (C=O) groups is 1. The van der Waals surface area contributed by atoms with E-state index >= 15 is 0 Å². The van der Waals surface area contributed by atoms with E-state index in [0.29, 0.717) is 5.56 Å². The summed E-state index contributed by atoms with van der Waals surface area (Å²) in [6.45, 7) is 3.59. The third-order valence-corrected chi connectivity index (χ3v) is 2.24. The summed E-state index contributed by atoms with van der Waals surface area (Å²) in [5.74, 6) is -0.938. The number of rotatable bonds is 1. The average Bonchev–Trinajstić information content (AvgIpc) is 2.45. The molecule has 0 atom stereocenters. The fourth-order valence-electron chi connectivity index (χ4n) is 1.56. The summed E-state index contributed by atoms with van der Waals surface area (Å²) in [4.78, 5) is 14.9. The molecule has 5 heteroatoms. The minimum absolute atomic E-state index is 0.272. The van der Waals surface area contributed by atoms with Gasteiger partial charge in [-0.05, 0) is 19.4 Å². The molecule has 2 aromatic rings. The molecule has 0 aromatic carbocycles. The zero-order valence-corrected chi connectivity index (χ0v) is 7.85. The second kappa shape index (κ2) is 2.80. The van der Waals surface area contributed by atoms with Gasteiger partial charge in [-0.2, -0.15) is 5.10 Å². The lowest BCUT2D eigenvalue weighted by Gasteiger charge is -1.96. The Labute approximate surface area is 80.0 Å². The fraction of sp³-hybridized carbons (Fsp3) is 0.222. The van der Waals surface area contributed by atoms with Crippen molar-refractivity contribution in [1.29, 1.82) is 0 Å². The van der Waals surface area contributed by atoms with Gasteiger partial charge in [0.2, 0.25) is 0 Å². The highest BCUT2D eigenvalue weighted by molar-refractivity contribution is 5.92. The van der Waals surface area contributed by atoms with Crippen LogP contribution in [0.5, 0.6) is 0 Å². The minimum Gasteiger partial charge on any atom is -0.478 e. The first-order valence-corrected chi connectivity index (χ1v) is 4.14. The molecule has 2 heterocycles. The third-order valence-electron chi connectivity index (χ3n) is 2.24. The first-order valence-electron chi connectivity index (χ1n) is 4.14. The normalized spacial score (nSPS) is 10.7. The predicted octanol–water partition coefficient (Wildman–Crippen LogP) is 1.04. The number of hydrogen-bond donors (Lipinski definition) is 1. The summed E-state index contributed by atoms with van der Waals surface area (Å²) in [5.41, 5.74) is 2.53. The van der Waals surface area contributed by atoms with Crippen molar-refractivity contribution < 1.29 is 9.90 Å². The molecule has 0 aliphatic rings. The molecule has 0 spiro atoms. The van der Waals surface area contributed by atoms with E-state index in [9.17, 15) is 4.79 Å². The van der Waals surface area contributed by atoms with Crippen molar-refractivity contribution in [3.8, 4) is 0 Å². The van der Waals surface area contributed by atoms with Crippen LogP contribution in [0.3, 0.4) is 0 Å². The Balaban J connectivity index is 2.87. The number of carboxylic acid groups (broad SMARTS) is 1. The smallest absolute Gasteiger partial charge is 0.337 e. The van der Waals surface area contributed by atoms with Gasteiger partial charge in [-0.15, -0.1) is 0 Å². The molecule has 0 aliphatic carbocycles. The van der Waals surface area contributed by atoms with E-state index < -0.39 is 5.97 Å². The highest BCUT2D eigenvalue weighted by atomic mass is 16.4. The second-order valence-corrected chi connectivity index (χ2v) is 3.11. The molecule has 0 saturated carbocycles. The van der Waals surface area contributed by atoms with Gasteiger partial charge in [0.25, 0.3) is 0 Å². The van der Waals surface area contributed by atoms with Crippen molar-refractivity contribution in [2.75, 3.05) is 0 Å². The third kappa shape index (κ3) is 1.06. The Hall–Kier alpha value is -1.91. The van der Waals surface area contributed by atoms with Crippen molar-refractivity contribution >= 4 is 11.5 Å². The Morgan fingerprint density at radius 1 is 1.50 bits per heavy atom. The minimum atomic E-state index is -0.938. The number of hydrogen-bond acceptors (Lipinski definition) is 3. The van der Waals surface area contributed by atoms with Crippen molar-refractivity contribution in [1.82, 2.24) is 14.6 Å². The van der Waals surface area contributed by atoms with Crippen LogP contribution in [0.1, 0.15) is 21.6 Å². The van der Waals surface area contributed by atoms with Crippen LogP contribution in [0.4, 0.5) is 0 Å². The van der Waals surface area contributed by atoms with Gasteiger partial charge >= 0.3 is 5.97 Å². The monoisotopic (exact) mass is 191 g/mol. The van der Waals surface area contributed by atoms with Crippen LogP contribution >= 0.6 is 0 Å². The van der Waals surface area contributed by atoms with E-state index in [2.05, 4.69) is 10.1 Å². The molecule has 0 saturated heterocycles. The van der Waals surface area contributed by atoms with Gasteiger partial charge in [0.15, 0.2) is 0 Å². The van der Waals surface area contributed by atoms with Gasteiger partial charge in [-0.3, -0.25) is 0 Å². The van der Waals surface area contributed by atoms with E-state index in [-0.39, 0.29) is 5.56 Å². The molecular formula is C9H9N3O2. The summed E-state index contributed by atoms with van der Waals surface area (Å²) in [6, 6.07) is 0. The highest BCUT2D eigenvalue weighted by Gasteiger charge is 2.14. The molecule has 0 unspecified atom stereocenters. The first-order chi connectivity index (χ1) is 6.61. The van der Waals surface area contributed by atoms with Crippen LogP contribution in [-0.2, 0) is 0 Å². The van der Waals surface area contributed by atoms with Gasteiger partial charge in [-0.1, -0.05) is 0 Å². The number of fused-ring (bicyclic) bond motifs is 1. The van der Waals surface area contributed by atoms with Crippen molar-refractivity contribution in [2.45, 2.75) is 13.8 Å². The highest BCUT2D eigenvalue weighted by Crippen LogP contribution is 2.18. The number of aryl methyl sites for hydroxylation is 2. The topological polar surface area (TPSA) is 67.5 Å². The molecule has 1 N–H and O–H groups in total. The van der Waals surface area contributed by atoms with Gasteiger partial charge < -0.3 is 5.11 Å². The lowest BCUT2D eigenvalue weighted by atomic mass is 10.2. The Morgan fingerprint density at radius 3 is 2.79 bits per heavy atom. The predicted molar refractivity (Wildman–Crippen MR) is 49.4 cm³/mol. The maximum Gasteiger partial charge on any atom is 0.337 e. The van der Waals surface area contributed by atoms with Crippen molar-refractivity contribution in [2.24, 2.45) is 0 Å². The zero-order valence-electron chi connectivity index (χ0n) is 7.85. The average molecular weight is 191 g/mol. The standard InChI is InChI=1S/C9H9N3O2/c1-5-7(9(13)14)3-12-8(5)6(2)10-4-11-12/h3-4H,1-2H3,(H,13,14). The number of nitrogens with zero attached hydrogens (tertiary/aromatic N) is 3. The number of carboxylic acids is 1. The summed E-state index contributed by atoms with van der Waals surface area (Å²) in [5, 5.41) is 12.8. The summed E-state index contributed by atoms with van der Waals surface area (Å²) in [6.07, 6.45) is 2.91. The molecule has 14 heavy (non-hydrogen) atoms. The van der Waals surface area contributed by atoms with Crippen LogP contribution < -0.4 is 0 Å². The van der Waals surface area contributed by atoms with E-state index in [1.165, 1.54) is 12.5 Å². The Bertz CT molecular complexity index is 516. The molecular weight excluding hydrogens is 182 g/mol. The van der Waals surface area contributed by atoms with Crippen molar-refractivity contribution in [3.05, 3.63) is 29.3 Å².